The third-order valence-corrected chi connectivity index (χ3v) is 3.83. The molecular formula is C17H16BrN3O3. The number of ether oxygens (including phenoxy) is 2. The molecule has 2 aromatic heterocycles. The van der Waals surface area contributed by atoms with Gasteiger partial charge in [-0.3, -0.25) is 0 Å². The predicted molar refractivity (Wildman–Crippen MR) is 93.0 cm³/mol. The zero-order valence-electron chi connectivity index (χ0n) is 13.2. The van der Waals surface area contributed by atoms with Crippen LogP contribution < -0.4 is 4.74 Å². The molecule has 0 bridgehead atoms. The van der Waals surface area contributed by atoms with Crippen LogP contribution in [0.15, 0.2) is 41.0 Å². The number of H-pyrrole nitrogens is 1. The van der Waals surface area contributed by atoms with Crippen molar-refractivity contribution in [3.05, 3.63) is 52.4 Å². The Morgan fingerprint density at radius 2 is 2.08 bits per heavy atom. The van der Waals surface area contributed by atoms with Crippen LogP contribution in [-0.2, 0) is 4.74 Å². The SMILES string of the molecule is CCOc1ccc(C(=O)OC(C)c2nc3ncc(Br)cc3[nH]2)cc1. The molecule has 3 aromatic rings. The van der Waals surface area contributed by atoms with Crippen LogP contribution in [0.25, 0.3) is 11.2 Å². The molecule has 0 radical (unpaired) electrons. The molecule has 0 fully saturated rings. The minimum Gasteiger partial charge on any atom is -0.494 e. The molecule has 7 heteroatoms. The number of carbonyl (C=O) groups is 1. The number of pyridine rings is 1. The van der Waals surface area contributed by atoms with Crippen molar-refractivity contribution in [2.24, 2.45) is 0 Å². The Morgan fingerprint density at radius 3 is 2.79 bits per heavy atom. The van der Waals surface area contributed by atoms with Gasteiger partial charge < -0.3 is 14.5 Å². The molecule has 0 spiro atoms. The van der Waals surface area contributed by atoms with Gasteiger partial charge in [-0.15, -0.1) is 0 Å². The van der Waals surface area contributed by atoms with E-state index in [2.05, 4.69) is 30.9 Å². The highest BCUT2D eigenvalue weighted by molar-refractivity contribution is 9.10. The topological polar surface area (TPSA) is 77.1 Å². The maximum atomic E-state index is 12.2. The number of rotatable bonds is 5. The lowest BCUT2D eigenvalue weighted by Gasteiger charge is -2.11. The van der Waals surface area contributed by atoms with E-state index < -0.39 is 12.1 Å². The molecule has 0 saturated carbocycles. The van der Waals surface area contributed by atoms with E-state index in [1.165, 1.54) is 0 Å². The third kappa shape index (κ3) is 3.56. The molecule has 1 unspecified atom stereocenters. The van der Waals surface area contributed by atoms with E-state index in [9.17, 15) is 4.79 Å². The van der Waals surface area contributed by atoms with Crippen LogP contribution in [0.3, 0.4) is 0 Å². The second kappa shape index (κ2) is 7.00. The summed E-state index contributed by atoms with van der Waals surface area (Å²) in [7, 11) is 0. The molecule has 6 nitrogen and oxygen atoms in total. The van der Waals surface area contributed by atoms with E-state index in [0.717, 1.165) is 15.7 Å². The molecule has 124 valence electrons. The average molecular weight is 390 g/mol. The number of halogens is 1. The van der Waals surface area contributed by atoms with Gasteiger partial charge in [0.25, 0.3) is 0 Å². The number of hydrogen-bond donors (Lipinski definition) is 1. The molecule has 0 aliphatic carbocycles. The van der Waals surface area contributed by atoms with Crippen molar-refractivity contribution in [1.82, 2.24) is 15.0 Å². The number of fused-ring (bicyclic) bond motifs is 1. The fourth-order valence-electron chi connectivity index (χ4n) is 2.22. The van der Waals surface area contributed by atoms with Crippen LogP contribution in [0.1, 0.15) is 36.1 Å². The van der Waals surface area contributed by atoms with Crippen molar-refractivity contribution >= 4 is 33.1 Å². The number of benzene rings is 1. The van der Waals surface area contributed by atoms with Crippen molar-refractivity contribution in [1.29, 1.82) is 0 Å². The summed E-state index contributed by atoms with van der Waals surface area (Å²) in [5.74, 6) is 0.853. The summed E-state index contributed by atoms with van der Waals surface area (Å²) in [4.78, 5) is 23.9. The third-order valence-electron chi connectivity index (χ3n) is 3.39. The van der Waals surface area contributed by atoms with Gasteiger partial charge in [-0.1, -0.05) is 0 Å². The molecule has 2 heterocycles. The fourth-order valence-corrected chi connectivity index (χ4v) is 2.56. The number of esters is 1. The monoisotopic (exact) mass is 389 g/mol. The van der Waals surface area contributed by atoms with Crippen molar-refractivity contribution < 1.29 is 14.3 Å². The van der Waals surface area contributed by atoms with Crippen molar-refractivity contribution in [2.75, 3.05) is 6.61 Å². The number of hydrogen-bond acceptors (Lipinski definition) is 5. The highest BCUT2D eigenvalue weighted by Gasteiger charge is 2.17. The van der Waals surface area contributed by atoms with Gasteiger partial charge >= 0.3 is 5.97 Å². The Balaban J connectivity index is 1.72. The largest absolute Gasteiger partial charge is 0.494 e. The first-order valence-corrected chi connectivity index (χ1v) is 8.31. The minimum atomic E-state index is -0.517. The lowest BCUT2D eigenvalue weighted by molar-refractivity contribution is 0.0322. The molecule has 1 atom stereocenters. The molecule has 1 aromatic carbocycles. The molecule has 0 aliphatic heterocycles. The van der Waals surface area contributed by atoms with Crippen molar-refractivity contribution in [3.8, 4) is 5.75 Å². The van der Waals surface area contributed by atoms with Gasteiger partial charge in [0.1, 0.15) is 11.6 Å². The highest BCUT2D eigenvalue weighted by Crippen LogP contribution is 2.21. The van der Waals surface area contributed by atoms with E-state index in [1.54, 1.807) is 37.4 Å². The highest BCUT2D eigenvalue weighted by atomic mass is 79.9. The summed E-state index contributed by atoms with van der Waals surface area (Å²) in [6.07, 6.45) is 1.15. The van der Waals surface area contributed by atoms with Crippen LogP contribution in [0.5, 0.6) is 5.75 Å². The average Bonchev–Trinajstić information content (AvgIpc) is 2.99. The maximum absolute atomic E-state index is 12.2. The molecule has 0 amide bonds. The van der Waals surface area contributed by atoms with Gasteiger partial charge in [0.15, 0.2) is 11.8 Å². The smallest absolute Gasteiger partial charge is 0.338 e. The van der Waals surface area contributed by atoms with E-state index >= 15 is 0 Å². The van der Waals surface area contributed by atoms with Crippen molar-refractivity contribution in [2.45, 2.75) is 20.0 Å². The van der Waals surface area contributed by atoms with Gasteiger partial charge in [0, 0.05) is 10.7 Å². The molecule has 0 aliphatic rings. The van der Waals surface area contributed by atoms with E-state index in [-0.39, 0.29) is 0 Å². The fraction of sp³-hybridized carbons (Fsp3) is 0.235. The summed E-state index contributed by atoms with van der Waals surface area (Å²) >= 11 is 3.36. The second-order valence-corrected chi connectivity index (χ2v) is 6.07. The number of aromatic amines is 1. The van der Waals surface area contributed by atoms with Crippen LogP contribution in [0.2, 0.25) is 0 Å². The molecule has 1 N–H and O–H groups in total. The first kappa shape index (κ1) is 16.4. The normalized spacial score (nSPS) is 12.1. The summed E-state index contributed by atoms with van der Waals surface area (Å²) in [5, 5.41) is 0. The summed E-state index contributed by atoms with van der Waals surface area (Å²) in [6.45, 7) is 4.25. The summed E-state index contributed by atoms with van der Waals surface area (Å²) in [6, 6.07) is 8.72. The maximum Gasteiger partial charge on any atom is 0.338 e. The first-order chi connectivity index (χ1) is 11.6. The molecular weight excluding hydrogens is 374 g/mol. The second-order valence-electron chi connectivity index (χ2n) is 5.15. The van der Waals surface area contributed by atoms with Gasteiger partial charge in [-0.25, -0.2) is 14.8 Å². The molecule has 0 saturated heterocycles. The Hall–Kier alpha value is -2.41. The Kier molecular flexibility index (Phi) is 4.80. The van der Waals surface area contributed by atoms with Crippen molar-refractivity contribution in [3.63, 3.8) is 0 Å². The Labute approximate surface area is 147 Å². The standard InChI is InChI=1S/C17H16BrN3O3/c1-3-23-13-6-4-11(5-7-13)17(22)24-10(2)15-20-14-8-12(18)9-19-16(14)21-15/h4-10H,3H2,1-2H3,(H,19,20,21). The zero-order valence-corrected chi connectivity index (χ0v) is 14.8. The number of imidazole rings is 1. The number of nitrogens with zero attached hydrogens (tertiary/aromatic N) is 2. The molecule has 24 heavy (non-hydrogen) atoms. The number of carbonyl (C=O) groups excluding carboxylic acids is 1. The zero-order chi connectivity index (χ0) is 17.1. The lowest BCUT2D eigenvalue weighted by atomic mass is 10.2. The van der Waals surface area contributed by atoms with Gasteiger partial charge in [0.05, 0.1) is 17.7 Å². The number of nitrogens with one attached hydrogen (secondary N) is 1. The summed E-state index contributed by atoms with van der Waals surface area (Å²) < 4.78 is 11.7. The van der Waals surface area contributed by atoms with Crippen LogP contribution in [0, 0.1) is 0 Å². The van der Waals surface area contributed by atoms with E-state index in [0.29, 0.717) is 23.6 Å². The van der Waals surface area contributed by atoms with Gasteiger partial charge in [0.2, 0.25) is 0 Å². The van der Waals surface area contributed by atoms with E-state index in [4.69, 9.17) is 9.47 Å². The lowest BCUT2D eigenvalue weighted by Crippen LogP contribution is -2.10. The van der Waals surface area contributed by atoms with Crippen LogP contribution >= 0.6 is 15.9 Å². The Morgan fingerprint density at radius 1 is 1.33 bits per heavy atom. The predicted octanol–water partition coefficient (Wildman–Crippen LogP) is 4.04. The van der Waals surface area contributed by atoms with Crippen LogP contribution in [0.4, 0.5) is 0 Å². The quantitative estimate of drug-likeness (QED) is 0.666. The first-order valence-electron chi connectivity index (χ1n) is 7.52. The summed E-state index contributed by atoms with van der Waals surface area (Å²) in [5.41, 5.74) is 1.82. The van der Waals surface area contributed by atoms with E-state index in [1.807, 2.05) is 13.0 Å². The Bertz CT molecular complexity index is 861. The minimum absolute atomic E-state index is 0.417. The van der Waals surface area contributed by atoms with Gasteiger partial charge in [-0.05, 0) is 60.1 Å². The molecule has 3 rings (SSSR count). The number of aromatic nitrogens is 3. The van der Waals surface area contributed by atoms with Crippen LogP contribution in [-0.4, -0.2) is 27.5 Å². The van der Waals surface area contributed by atoms with Gasteiger partial charge in [-0.2, -0.15) is 0 Å².